The zero-order valence-electron chi connectivity index (χ0n) is 10.9. The molecule has 0 radical (unpaired) electrons. The van der Waals surface area contributed by atoms with Crippen molar-refractivity contribution in [2.45, 2.75) is 30.5 Å². The van der Waals surface area contributed by atoms with E-state index in [1.165, 1.54) is 24.0 Å². The lowest BCUT2D eigenvalue weighted by atomic mass is 10.0. The number of hydrogen-bond donors (Lipinski definition) is 0. The highest BCUT2D eigenvalue weighted by atomic mass is 79.9. The average molecular weight is 338 g/mol. The minimum absolute atomic E-state index is 0.523. The molecule has 2 heteroatoms. The maximum Gasteiger partial charge on any atom is 0.0408 e. The number of aryl methyl sites for hydroxylation is 1. The second-order valence-electron chi connectivity index (χ2n) is 4.81. The Bertz CT molecular complexity index is 496. The van der Waals surface area contributed by atoms with Gasteiger partial charge in [-0.3, -0.25) is 0 Å². The van der Waals surface area contributed by atoms with Gasteiger partial charge in [0.2, 0.25) is 0 Å². The van der Waals surface area contributed by atoms with Crippen LogP contribution in [0.3, 0.4) is 0 Å². The molecule has 0 nitrogen and oxygen atoms in total. The monoisotopic (exact) mass is 336 g/mol. The summed E-state index contributed by atoms with van der Waals surface area (Å²) >= 11 is 9.77. The van der Waals surface area contributed by atoms with Crippen molar-refractivity contribution in [3.05, 3.63) is 70.7 Å². The second kappa shape index (κ2) is 7.72. The van der Waals surface area contributed by atoms with E-state index in [0.29, 0.717) is 4.83 Å². The van der Waals surface area contributed by atoms with Crippen LogP contribution in [0.5, 0.6) is 0 Å². The van der Waals surface area contributed by atoms with E-state index in [1.807, 2.05) is 18.2 Å². The van der Waals surface area contributed by atoms with Gasteiger partial charge in [-0.05, 0) is 48.9 Å². The highest BCUT2D eigenvalue weighted by Crippen LogP contribution is 2.19. The lowest BCUT2D eigenvalue weighted by Crippen LogP contribution is -2.03. The Morgan fingerprint density at radius 1 is 0.947 bits per heavy atom. The number of rotatable bonds is 6. The summed E-state index contributed by atoms with van der Waals surface area (Å²) in [5, 5.41) is 0.821. The van der Waals surface area contributed by atoms with Crippen molar-refractivity contribution in [3.63, 3.8) is 0 Å². The predicted molar refractivity (Wildman–Crippen MR) is 87.3 cm³/mol. The van der Waals surface area contributed by atoms with E-state index < -0.39 is 0 Å². The summed E-state index contributed by atoms with van der Waals surface area (Å²) in [4.78, 5) is 0.523. The molecule has 0 aliphatic carbocycles. The Morgan fingerprint density at radius 3 is 2.42 bits per heavy atom. The van der Waals surface area contributed by atoms with Crippen LogP contribution in [0.15, 0.2) is 54.6 Å². The SMILES string of the molecule is Clc1cccc(CC(Br)CCCc2ccccc2)c1. The number of halogens is 2. The standard InChI is InChI=1S/C17H18BrCl/c18-16(12-15-9-5-11-17(19)13-15)10-4-8-14-6-2-1-3-7-14/h1-3,5-7,9,11,13,16H,4,8,10,12H2. The van der Waals surface area contributed by atoms with Crippen molar-refractivity contribution in [1.82, 2.24) is 0 Å². The molecule has 0 aliphatic rings. The summed E-state index contributed by atoms with van der Waals surface area (Å²) in [6.07, 6.45) is 4.58. The van der Waals surface area contributed by atoms with E-state index in [0.717, 1.165) is 17.9 Å². The van der Waals surface area contributed by atoms with Gasteiger partial charge in [0.25, 0.3) is 0 Å². The average Bonchev–Trinajstić information content (AvgIpc) is 2.40. The van der Waals surface area contributed by atoms with E-state index in [2.05, 4.69) is 52.3 Å². The second-order valence-corrected chi connectivity index (χ2v) is 6.54. The molecule has 0 heterocycles. The Morgan fingerprint density at radius 2 is 1.68 bits per heavy atom. The molecule has 100 valence electrons. The van der Waals surface area contributed by atoms with Gasteiger partial charge >= 0.3 is 0 Å². The Kier molecular flexibility index (Phi) is 5.93. The minimum Gasteiger partial charge on any atom is -0.0887 e. The molecule has 0 bridgehead atoms. The third-order valence-electron chi connectivity index (χ3n) is 3.17. The molecule has 2 aromatic rings. The van der Waals surface area contributed by atoms with Crippen LogP contribution in [-0.2, 0) is 12.8 Å². The fraction of sp³-hybridized carbons (Fsp3) is 0.294. The fourth-order valence-corrected chi connectivity index (χ4v) is 3.10. The van der Waals surface area contributed by atoms with Crippen molar-refractivity contribution < 1.29 is 0 Å². The zero-order chi connectivity index (χ0) is 13.5. The van der Waals surface area contributed by atoms with Gasteiger partial charge in [-0.15, -0.1) is 0 Å². The normalized spacial score (nSPS) is 12.3. The first-order chi connectivity index (χ1) is 9.24. The van der Waals surface area contributed by atoms with E-state index in [4.69, 9.17) is 11.6 Å². The van der Waals surface area contributed by atoms with Crippen LogP contribution in [-0.4, -0.2) is 4.83 Å². The highest BCUT2D eigenvalue weighted by Gasteiger charge is 2.06. The third-order valence-corrected chi connectivity index (χ3v) is 4.19. The molecule has 1 atom stereocenters. The smallest absolute Gasteiger partial charge is 0.0408 e. The summed E-state index contributed by atoms with van der Waals surface area (Å²) in [7, 11) is 0. The molecule has 19 heavy (non-hydrogen) atoms. The summed E-state index contributed by atoms with van der Waals surface area (Å²) in [5.41, 5.74) is 2.72. The van der Waals surface area contributed by atoms with Crippen LogP contribution >= 0.6 is 27.5 Å². The van der Waals surface area contributed by atoms with Crippen molar-refractivity contribution >= 4 is 27.5 Å². The Balaban J connectivity index is 1.74. The van der Waals surface area contributed by atoms with Gasteiger partial charge in [-0.25, -0.2) is 0 Å². The quantitative estimate of drug-likeness (QED) is 0.596. The summed E-state index contributed by atoms with van der Waals surface area (Å²) in [6.45, 7) is 0. The zero-order valence-corrected chi connectivity index (χ0v) is 13.2. The summed E-state index contributed by atoms with van der Waals surface area (Å²) < 4.78 is 0. The highest BCUT2D eigenvalue weighted by molar-refractivity contribution is 9.09. The van der Waals surface area contributed by atoms with E-state index >= 15 is 0 Å². The first-order valence-electron chi connectivity index (χ1n) is 6.66. The maximum absolute atomic E-state index is 6.00. The molecule has 2 aromatic carbocycles. The fourth-order valence-electron chi connectivity index (χ4n) is 2.19. The van der Waals surface area contributed by atoms with E-state index in [-0.39, 0.29) is 0 Å². The van der Waals surface area contributed by atoms with Gasteiger partial charge < -0.3 is 0 Å². The lowest BCUT2D eigenvalue weighted by Gasteiger charge is -2.10. The van der Waals surface area contributed by atoms with E-state index in [9.17, 15) is 0 Å². The molecule has 2 rings (SSSR count). The third kappa shape index (κ3) is 5.38. The predicted octanol–water partition coefficient (Wildman–Crippen LogP) is 5.67. The number of benzene rings is 2. The lowest BCUT2D eigenvalue weighted by molar-refractivity contribution is 0.701. The van der Waals surface area contributed by atoms with Crippen molar-refractivity contribution in [3.8, 4) is 0 Å². The molecule has 0 aliphatic heterocycles. The molecular formula is C17H18BrCl. The maximum atomic E-state index is 6.00. The van der Waals surface area contributed by atoms with Gasteiger partial charge in [0.1, 0.15) is 0 Å². The van der Waals surface area contributed by atoms with Crippen molar-refractivity contribution in [2.24, 2.45) is 0 Å². The van der Waals surface area contributed by atoms with Gasteiger partial charge in [-0.2, -0.15) is 0 Å². The van der Waals surface area contributed by atoms with Crippen LogP contribution in [0.25, 0.3) is 0 Å². The molecule has 0 amide bonds. The number of alkyl halides is 1. The number of hydrogen-bond acceptors (Lipinski definition) is 0. The van der Waals surface area contributed by atoms with Crippen molar-refractivity contribution in [1.29, 1.82) is 0 Å². The van der Waals surface area contributed by atoms with Crippen LogP contribution in [0.1, 0.15) is 24.0 Å². The Labute approximate surface area is 128 Å². The van der Waals surface area contributed by atoms with Gasteiger partial charge in [0.15, 0.2) is 0 Å². The first-order valence-corrected chi connectivity index (χ1v) is 7.96. The molecule has 0 saturated carbocycles. The largest absolute Gasteiger partial charge is 0.0887 e. The molecule has 0 spiro atoms. The Hall–Kier alpha value is -0.790. The van der Waals surface area contributed by atoms with Crippen LogP contribution < -0.4 is 0 Å². The first kappa shape index (κ1) is 14.6. The van der Waals surface area contributed by atoms with Crippen LogP contribution in [0, 0.1) is 0 Å². The summed E-state index contributed by atoms with van der Waals surface area (Å²) in [5.74, 6) is 0. The minimum atomic E-state index is 0.523. The molecule has 0 N–H and O–H groups in total. The van der Waals surface area contributed by atoms with Crippen LogP contribution in [0.4, 0.5) is 0 Å². The molecule has 0 fully saturated rings. The topological polar surface area (TPSA) is 0 Å². The molecular weight excluding hydrogens is 320 g/mol. The molecule has 0 aromatic heterocycles. The van der Waals surface area contributed by atoms with Crippen molar-refractivity contribution in [2.75, 3.05) is 0 Å². The molecule has 0 saturated heterocycles. The summed E-state index contributed by atoms with van der Waals surface area (Å²) in [6, 6.07) is 18.8. The van der Waals surface area contributed by atoms with Crippen LogP contribution in [0.2, 0.25) is 5.02 Å². The van der Waals surface area contributed by atoms with Gasteiger partial charge in [0.05, 0.1) is 0 Å². The van der Waals surface area contributed by atoms with E-state index in [1.54, 1.807) is 0 Å². The van der Waals surface area contributed by atoms with Gasteiger partial charge in [-0.1, -0.05) is 70.0 Å². The molecule has 1 unspecified atom stereocenters. The van der Waals surface area contributed by atoms with Gasteiger partial charge in [0, 0.05) is 9.85 Å².